The van der Waals surface area contributed by atoms with Crippen molar-refractivity contribution < 1.29 is 19.1 Å². The number of amides is 1. The van der Waals surface area contributed by atoms with Crippen LogP contribution in [0.4, 0.5) is 4.39 Å². The van der Waals surface area contributed by atoms with E-state index in [1.54, 1.807) is 12.1 Å². The monoisotopic (exact) mass is 265 g/mol. The van der Waals surface area contributed by atoms with Gasteiger partial charge in [-0.05, 0) is 30.5 Å². The maximum absolute atomic E-state index is 13.3. The maximum Gasteiger partial charge on any atom is 0.323 e. The Balaban J connectivity index is 2.28. The SMILES string of the molecule is CN(CC(=O)O)C(=O)C1(c2cccc(F)c2)CCC1. The highest BCUT2D eigenvalue weighted by atomic mass is 19.1. The van der Waals surface area contributed by atoms with Crippen LogP contribution in [0.2, 0.25) is 0 Å². The number of aliphatic carboxylic acids is 1. The van der Waals surface area contributed by atoms with Gasteiger partial charge in [0.1, 0.15) is 12.4 Å². The molecule has 0 aliphatic heterocycles. The fraction of sp³-hybridized carbons (Fsp3) is 0.429. The summed E-state index contributed by atoms with van der Waals surface area (Å²) >= 11 is 0. The summed E-state index contributed by atoms with van der Waals surface area (Å²) in [7, 11) is 1.47. The first-order valence-electron chi connectivity index (χ1n) is 6.19. The highest BCUT2D eigenvalue weighted by Crippen LogP contribution is 2.45. The third-order valence-corrected chi connectivity index (χ3v) is 3.71. The normalized spacial score (nSPS) is 16.5. The van der Waals surface area contributed by atoms with Gasteiger partial charge in [-0.1, -0.05) is 18.6 Å². The summed E-state index contributed by atoms with van der Waals surface area (Å²) in [6, 6.07) is 6.01. The van der Waals surface area contributed by atoms with Gasteiger partial charge in [-0.3, -0.25) is 9.59 Å². The van der Waals surface area contributed by atoms with Crippen LogP contribution in [0.3, 0.4) is 0 Å². The number of hydrogen-bond donors (Lipinski definition) is 1. The molecule has 0 bridgehead atoms. The third-order valence-electron chi connectivity index (χ3n) is 3.71. The Labute approximate surface area is 110 Å². The molecule has 1 aromatic rings. The highest BCUT2D eigenvalue weighted by molar-refractivity contribution is 5.91. The van der Waals surface area contributed by atoms with Crippen LogP contribution in [-0.2, 0) is 15.0 Å². The van der Waals surface area contributed by atoms with Gasteiger partial charge in [0.05, 0.1) is 5.41 Å². The second-order valence-corrected chi connectivity index (χ2v) is 5.00. The Kier molecular flexibility index (Phi) is 3.55. The van der Waals surface area contributed by atoms with Gasteiger partial charge in [0.15, 0.2) is 0 Å². The van der Waals surface area contributed by atoms with E-state index in [1.807, 2.05) is 0 Å². The van der Waals surface area contributed by atoms with E-state index in [4.69, 9.17) is 5.11 Å². The number of carbonyl (C=O) groups is 2. The Morgan fingerprint density at radius 2 is 2.11 bits per heavy atom. The molecule has 1 aliphatic rings. The van der Waals surface area contributed by atoms with Crippen molar-refractivity contribution >= 4 is 11.9 Å². The topological polar surface area (TPSA) is 57.6 Å². The first kappa shape index (κ1) is 13.5. The molecule has 1 N–H and O–H groups in total. The first-order valence-corrected chi connectivity index (χ1v) is 6.19. The number of carboxylic acids is 1. The second-order valence-electron chi connectivity index (χ2n) is 5.00. The average molecular weight is 265 g/mol. The van der Waals surface area contributed by atoms with Gasteiger partial charge in [-0.15, -0.1) is 0 Å². The van der Waals surface area contributed by atoms with E-state index in [0.29, 0.717) is 18.4 Å². The molecule has 0 atom stereocenters. The molecule has 2 rings (SSSR count). The zero-order chi connectivity index (χ0) is 14.0. The lowest BCUT2D eigenvalue weighted by Gasteiger charge is -2.42. The van der Waals surface area contributed by atoms with Crippen LogP contribution in [0.1, 0.15) is 24.8 Å². The minimum Gasteiger partial charge on any atom is -0.480 e. The number of hydrogen-bond acceptors (Lipinski definition) is 2. The number of carboxylic acid groups (broad SMARTS) is 1. The summed E-state index contributed by atoms with van der Waals surface area (Å²) in [4.78, 5) is 24.3. The average Bonchev–Trinajstić information content (AvgIpc) is 2.26. The summed E-state index contributed by atoms with van der Waals surface area (Å²) in [6.07, 6.45) is 2.17. The molecule has 19 heavy (non-hydrogen) atoms. The lowest BCUT2D eigenvalue weighted by atomic mass is 9.63. The first-order chi connectivity index (χ1) is 8.95. The van der Waals surface area contributed by atoms with Crippen LogP contribution in [0.5, 0.6) is 0 Å². The predicted octanol–water partition coefficient (Wildman–Crippen LogP) is 1.79. The summed E-state index contributed by atoms with van der Waals surface area (Å²) in [6.45, 7) is -0.337. The van der Waals surface area contributed by atoms with E-state index in [2.05, 4.69) is 0 Å². The van der Waals surface area contributed by atoms with Gasteiger partial charge in [0.25, 0.3) is 0 Å². The van der Waals surface area contributed by atoms with Crippen molar-refractivity contribution in [2.24, 2.45) is 0 Å². The van der Waals surface area contributed by atoms with Gasteiger partial charge in [-0.25, -0.2) is 4.39 Å². The minimum atomic E-state index is -1.05. The van der Waals surface area contributed by atoms with Gasteiger partial charge >= 0.3 is 5.97 Å². The van der Waals surface area contributed by atoms with Gasteiger partial charge < -0.3 is 10.0 Å². The molecule has 1 aromatic carbocycles. The lowest BCUT2D eigenvalue weighted by molar-refractivity contribution is -0.147. The van der Waals surface area contributed by atoms with Gasteiger partial charge in [0, 0.05) is 7.05 Å². The third kappa shape index (κ3) is 2.45. The molecular weight excluding hydrogens is 249 g/mol. The highest BCUT2D eigenvalue weighted by Gasteiger charge is 2.47. The van der Waals surface area contributed by atoms with Crippen molar-refractivity contribution in [2.45, 2.75) is 24.7 Å². The molecular formula is C14H16FNO3. The minimum absolute atomic E-state index is 0.244. The lowest BCUT2D eigenvalue weighted by Crippen LogP contribution is -2.51. The Morgan fingerprint density at radius 1 is 1.42 bits per heavy atom. The van der Waals surface area contributed by atoms with Crippen molar-refractivity contribution in [1.29, 1.82) is 0 Å². The van der Waals surface area contributed by atoms with Crippen molar-refractivity contribution in [3.63, 3.8) is 0 Å². The molecule has 0 spiro atoms. The fourth-order valence-corrected chi connectivity index (χ4v) is 2.58. The molecule has 4 nitrogen and oxygen atoms in total. The molecule has 0 saturated heterocycles. The van der Waals surface area contributed by atoms with Crippen molar-refractivity contribution in [3.05, 3.63) is 35.6 Å². The van der Waals surface area contributed by atoms with Crippen LogP contribution in [0.25, 0.3) is 0 Å². The number of halogens is 1. The molecule has 5 heteroatoms. The summed E-state index contributed by atoms with van der Waals surface area (Å²) < 4.78 is 13.3. The molecule has 1 saturated carbocycles. The fourth-order valence-electron chi connectivity index (χ4n) is 2.58. The summed E-state index contributed by atoms with van der Waals surface area (Å²) in [5, 5.41) is 8.75. The predicted molar refractivity (Wildman–Crippen MR) is 67.2 cm³/mol. The number of nitrogens with zero attached hydrogens (tertiary/aromatic N) is 1. The number of likely N-dealkylation sites (N-methyl/N-ethyl adjacent to an activating group) is 1. The molecule has 102 valence electrons. The summed E-state index contributed by atoms with van der Waals surface area (Å²) in [5.41, 5.74) is -0.104. The Hall–Kier alpha value is -1.91. The van der Waals surface area contributed by atoms with Crippen molar-refractivity contribution in [2.75, 3.05) is 13.6 Å². The molecule has 0 heterocycles. The summed E-state index contributed by atoms with van der Waals surface area (Å²) in [5.74, 6) is -1.67. The molecule has 1 fully saturated rings. The molecule has 0 radical (unpaired) electrons. The van der Waals surface area contributed by atoms with E-state index in [0.717, 1.165) is 6.42 Å². The quantitative estimate of drug-likeness (QED) is 0.903. The molecule has 0 aromatic heterocycles. The number of benzene rings is 1. The Morgan fingerprint density at radius 3 is 2.58 bits per heavy atom. The zero-order valence-corrected chi connectivity index (χ0v) is 10.7. The van der Waals surface area contributed by atoms with E-state index < -0.39 is 11.4 Å². The second kappa shape index (κ2) is 4.99. The van der Waals surface area contributed by atoms with E-state index in [1.165, 1.54) is 24.1 Å². The van der Waals surface area contributed by atoms with E-state index in [9.17, 15) is 14.0 Å². The van der Waals surface area contributed by atoms with Crippen LogP contribution in [0, 0.1) is 5.82 Å². The molecule has 1 amide bonds. The van der Waals surface area contributed by atoms with Crippen LogP contribution in [-0.4, -0.2) is 35.5 Å². The van der Waals surface area contributed by atoms with Crippen molar-refractivity contribution in [3.8, 4) is 0 Å². The standard InChI is InChI=1S/C14H16FNO3/c1-16(9-12(17)18)13(19)14(6-3-7-14)10-4-2-5-11(15)8-10/h2,4-5,8H,3,6-7,9H2,1H3,(H,17,18). The number of rotatable bonds is 4. The maximum atomic E-state index is 13.3. The van der Waals surface area contributed by atoms with Crippen LogP contribution < -0.4 is 0 Å². The van der Waals surface area contributed by atoms with Crippen molar-refractivity contribution in [1.82, 2.24) is 4.90 Å². The van der Waals surface area contributed by atoms with Crippen LogP contribution >= 0.6 is 0 Å². The van der Waals surface area contributed by atoms with Gasteiger partial charge in [0.2, 0.25) is 5.91 Å². The van der Waals surface area contributed by atoms with E-state index in [-0.39, 0.29) is 18.3 Å². The number of carbonyl (C=O) groups excluding carboxylic acids is 1. The zero-order valence-electron chi connectivity index (χ0n) is 10.7. The van der Waals surface area contributed by atoms with Gasteiger partial charge in [-0.2, -0.15) is 0 Å². The smallest absolute Gasteiger partial charge is 0.323 e. The van der Waals surface area contributed by atoms with Crippen LogP contribution in [0.15, 0.2) is 24.3 Å². The molecule has 0 unspecified atom stereocenters. The Bertz CT molecular complexity index is 511. The largest absolute Gasteiger partial charge is 0.480 e. The molecule has 1 aliphatic carbocycles. The van der Waals surface area contributed by atoms with E-state index >= 15 is 0 Å².